The van der Waals surface area contributed by atoms with E-state index in [1.54, 1.807) is 12.1 Å². The molecule has 0 amide bonds. The first-order valence-electron chi connectivity index (χ1n) is 6.54. The van der Waals surface area contributed by atoms with Crippen molar-refractivity contribution in [1.29, 1.82) is 0 Å². The Morgan fingerprint density at radius 1 is 1.37 bits per heavy atom. The van der Waals surface area contributed by atoms with Crippen LogP contribution in [-0.4, -0.2) is 56.6 Å². The summed E-state index contributed by atoms with van der Waals surface area (Å²) in [5.41, 5.74) is 0.680. The topological polar surface area (TPSA) is 18.5 Å². The molecule has 0 bridgehead atoms. The zero-order valence-corrected chi connectivity index (χ0v) is 12.4. The number of benzene rings is 1. The molecule has 1 saturated heterocycles. The largest absolute Gasteiger partial charge is 0.312 e. The van der Waals surface area contributed by atoms with Gasteiger partial charge < -0.3 is 10.2 Å². The van der Waals surface area contributed by atoms with Gasteiger partial charge >= 0.3 is 0 Å². The smallest absolute Gasteiger partial charge is 0.129 e. The number of nitrogens with one attached hydrogen (secondary N) is 1. The van der Waals surface area contributed by atoms with Crippen LogP contribution in [0.3, 0.4) is 0 Å². The summed E-state index contributed by atoms with van der Waals surface area (Å²) in [6, 6.07) is 5.12. The molecule has 1 fully saturated rings. The van der Waals surface area contributed by atoms with Crippen molar-refractivity contribution >= 4 is 11.6 Å². The molecular formula is C14H21ClFN3. The number of hydrogen-bond donors (Lipinski definition) is 1. The van der Waals surface area contributed by atoms with Crippen LogP contribution in [0.15, 0.2) is 18.2 Å². The molecule has 5 heteroatoms. The minimum absolute atomic E-state index is 0.0370. The van der Waals surface area contributed by atoms with E-state index in [2.05, 4.69) is 29.2 Å². The Kier molecular flexibility index (Phi) is 4.79. The fraction of sp³-hybridized carbons (Fsp3) is 0.571. The van der Waals surface area contributed by atoms with E-state index in [0.717, 1.165) is 19.6 Å². The summed E-state index contributed by atoms with van der Waals surface area (Å²) in [6.07, 6.45) is 0. The normalized spacial score (nSPS) is 23.5. The van der Waals surface area contributed by atoms with Crippen LogP contribution in [0.1, 0.15) is 11.6 Å². The standard InChI is InChI=1S/C14H21ClFN3/c1-17-14(11-5-4-10(15)8-12(11)16)13-9-18(2)6-7-19(13)3/h4-5,8,13-14,17H,6-7,9H2,1-3H3. The second kappa shape index (κ2) is 6.18. The van der Waals surface area contributed by atoms with E-state index in [1.807, 2.05) is 7.05 Å². The Balaban J connectivity index is 2.27. The summed E-state index contributed by atoms with van der Waals surface area (Å²) in [4.78, 5) is 4.57. The average Bonchev–Trinajstić information content (AvgIpc) is 2.36. The summed E-state index contributed by atoms with van der Waals surface area (Å²) in [6.45, 7) is 2.96. The average molecular weight is 286 g/mol. The lowest BCUT2D eigenvalue weighted by Gasteiger charge is -2.42. The van der Waals surface area contributed by atoms with E-state index in [1.165, 1.54) is 6.07 Å². The third kappa shape index (κ3) is 3.26. The molecule has 0 aliphatic carbocycles. The van der Waals surface area contributed by atoms with Crippen LogP contribution in [0.5, 0.6) is 0 Å². The number of rotatable bonds is 3. The maximum absolute atomic E-state index is 14.1. The molecule has 1 aromatic carbocycles. The quantitative estimate of drug-likeness (QED) is 0.916. The molecule has 2 rings (SSSR count). The van der Waals surface area contributed by atoms with Crippen molar-refractivity contribution in [1.82, 2.24) is 15.1 Å². The van der Waals surface area contributed by atoms with Gasteiger partial charge in [-0.15, -0.1) is 0 Å². The van der Waals surface area contributed by atoms with Crippen molar-refractivity contribution in [3.05, 3.63) is 34.6 Å². The van der Waals surface area contributed by atoms with E-state index < -0.39 is 0 Å². The zero-order valence-electron chi connectivity index (χ0n) is 11.7. The van der Waals surface area contributed by atoms with E-state index in [4.69, 9.17) is 11.6 Å². The Morgan fingerprint density at radius 2 is 2.11 bits per heavy atom. The molecule has 1 aromatic rings. The van der Waals surface area contributed by atoms with Gasteiger partial charge in [-0.05, 0) is 33.3 Å². The van der Waals surface area contributed by atoms with Crippen LogP contribution < -0.4 is 5.32 Å². The molecule has 19 heavy (non-hydrogen) atoms. The van der Waals surface area contributed by atoms with Crippen molar-refractivity contribution in [2.75, 3.05) is 40.8 Å². The maximum Gasteiger partial charge on any atom is 0.129 e. The van der Waals surface area contributed by atoms with E-state index in [9.17, 15) is 4.39 Å². The fourth-order valence-corrected chi connectivity index (χ4v) is 2.87. The minimum Gasteiger partial charge on any atom is -0.312 e. The molecule has 0 aromatic heterocycles. The minimum atomic E-state index is -0.242. The molecule has 0 spiro atoms. The van der Waals surface area contributed by atoms with Crippen LogP contribution in [0.2, 0.25) is 5.02 Å². The van der Waals surface area contributed by atoms with Gasteiger partial charge in [-0.2, -0.15) is 0 Å². The predicted octanol–water partition coefficient (Wildman–Crippen LogP) is 1.99. The molecule has 1 heterocycles. The van der Waals surface area contributed by atoms with Gasteiger partial charge in [-0.1, -0.05) is 17.7 Å². The van der Waals surface area contributed by atoms with Gasteiger partial charge in [-0.3, -0.25) is 4.90 Å². The molecule has 1 N–H and O–H groups in total. The Bertz CT molecular complexity index is 441. The first-order chi connectivity index (χ1) is 9.02. The van der Waals surface area contributed by atoms with Crippen molar-refractivity contribution in [2.24, 2.45) is 0 Å². The van der Waals surface area contributed by atoms with E-state index in [0.29, 0.717) is 10.6 Å². The first kappa shape index (κ1) is 14.7. The fourth-order valence-electron chi connectivity index (χ4n) is 2.71. The van der Waals surface area contributed by atoms with Gasteiger partial charge in [0.15, 0.2) is 0 Å². The molecule has 106 valence electrons. The molecule has 1 aliphatic rings. The van der Waals surface area contributed by atoms with Crippen molar-refractivity contribution in [2.45, 2.75) is 12.1 Å². The summed E-state index contributed by atoms with van der Waals surface area (Å²) in [7, 11) is 6.07. The molecule has 0 radical (unpaired) electrons. The monoisotopic (exact) mass is 285 g/mol. The molecule has 1 aliphatic heterocycles. The van der Waals surface area contributed by atoms with Crippen molar-refractivity contribution in [3.63, 3.8) is 0 Å². The first-order valence-corrected chi connectivity index (χ1v) is 6.91. The highest BCUT2D eigenvalue weighted by molar-refractivity contribution is 6.30. The van der Waals surface area contributed by atoms with Crippen LogP contribution in [-0.2, 0) is 0 Å². The summed E-state index contributed by atoms with van der Waals surface area (Å²) >= 11 is 5.82. The third-order valence-corrected chi connectivity index (χ3v) is 4.13. The number of likely N-dealkylation sites (N-methyl/N-ethyl adjacent to an activating group) is 3. The zero-order chi connectivity index (χ0) is 14.0. The maximum atomic E-state index is 14.1. The Hall–Kier alpha value is -0.680. The van der Waals surface area contributed by atoms with Crippen LogP contribution >= 0.6 is 11.6 Å². The summed E-state index contributed by atoms with van der Waals surface area (Å²) < 4.78 is 14.1. The number of piperazine rings is 1. The van der Waals surface area contributed by atoms with Gasteiger partial charge in [0.1, 0.15) is 5.82 Å². The van der Waals surface area contributed by atoms with Gasteiger partial charge in [0.2, 0.25) is 0 Å². The number of halogens is 2. The summed E-state index contributed by atoms with van der Waals surface area (Å²) in [5, 5.41) is 3.68. The molecule has 2 atom stereocenters. The SMILES string of the molecule is CNC(c1ccc(Cl)cc1F)C1CN(C)CCN1C. The van der Waals surface area contributed by atoms with Gasteiger partial charge in [0, 0.05) is 36.3 Å². The molecule has 2 unspecified atom stereocenters. The molecule has 0 saturated carbocycles. The number of nitrogens with zero attached hydrogens (tertiary/aromatic N) is 2. The van der Waals surface area contributed by atoms with Gasteiger partial charge in [0.25, 0.3) is 0 Å². The lowest BCUT2D eigenvalue weighted by molar-refractivity contribution is 0.0888. The van der Waals surface area contributed by atoms with Crippen molar-refractivity contribution in [3.8, 4) is 0 Å². The highest BCUT2D eigenvalue weighted by atomic mass is 35.5. The second-order valence-electron chi connectivity index (χ2n) is 5.24. The molecular weight excluding hydrogens is 265 g/mol. The van der Waals surface area contributed by atoms with E-state index >= 15 is 0 Å². The Morgan fingerprint density at radius 3 is 2.74 bits per heavy atom. The van der Waals surface area contributed by atoms with Crippen LogP contribution in [0, 0.1) is 5.82 Å². The van der Waals surface area contributed by atoms with Crippen molar-refractivity contribution < 1.29 is 4.39 Å². The lowest BCUT2D eigenvalue weighted by Crippen LogP contribution is -2.54. The van der Waals surface area contributed by atoms with Gasteiger partial charge in [0.05, 0.1) is 6.04 Å². The van der Waals surface area contributed by atoms with Crippen LogP contribution in [0.4, 0.5) is 4.39 Å². The number of hydrogen-bond acceptors (Lipinski definition) is 3. The highest BCUT2D eigenvalue weighted by Crippen LogP contribution is 2.26. The predicted molar refractivity (Wildman–Crippen MR) is 77.1 cm³/mol. The van der Waals surface area contributed by atoms with Gasteiger partial charge in [-0.25, -0.2) is 4.39 Å². The second-order valence-corrected chi connectivity index (χ2v) is 5.68. The molecule has 3 nitrogen and oxygen atoms in total. The van der Waals surface area contributed by atoms with Crippen LogP contribution in [0.25, 0.3) is 0 Å². The Labute approximate surface area is 119 Å². The summed E-state index contributed by atoms with van der Waals surface area (Å²) in [5.74, 6) is -0.242. The third-order valence-electron chi connectivity index (χ3n) is 3.89. The lowest BCUT2D eigenvalue weighted by atomic mass is 9.96. The van der Waals surface area contributed by atoms with E-state index in [-0.39, 0.29) is 17.9 Å². The highest BCUT2D eigenvalue weighted by Gasteiger charge is 2.31.